The fourth-order valence-corrected chi connectivity index (χ4v) is 3.65. The van der Waals surface area contributed by atoms with Gasteiger partial charge in [-0.15, -0.1) is 11.8 Å². The number of carbonyl (C=O) groups excluding carboxylic acids is 1. The van der Waals surface area contributed by atoms with Crippen LogP contribution >= 0.6 is 11.8 Å². The molecule has 6 heteroatoms. The summed E-state index contributed by atoms with van der Waals surface area (Å²) >= 11 is 1.56. The van der Waals surface area contributed by atoms with Gasteiger partial charge in [-0.25, -0.2) is 4.98 Å². The van der Waals surface area contributed by atoms with Gasteiger partial charge in [-0.05, 0) is 36.6 Å². The lowest BCUT2D eigenvalue weighted by atomic mass is 10.1. The zero-order chi connectivity index (χ0) is 19.4. The maximum absolute atomic E-state index is 12.3. The molecule has 0 aliphatic heterocycles. The minimum atomic E-state index is -0.0854. The number of benzene rings is 1. The lowest BCUT2D eigenvalue weighted by Crippen LogP contribution is -2.15. The van der Waals surface area contributed by atoms with E-state index in [4.69, 9.17) is 0 Å². The van der Waals surface area contributed by atoms with Gasteiger partial charge in [0.2, 0.25) is 5.91 Å². The van der Waals surface area contributed by atoms with Gasteiger partial charge < -0.3 is 5.32 Å². The van der Waals surface area contributed by atoms with Crippen molar-refractivity contribution in [3.05, 3.63) is 70.3 Å². The van der Waals surface area contributed by atoms with E-state index in [0.29, 0.717) is 23.7 Å². The molecule has 0 unspecified atom stereocenters. The summed E-state index contributed by atoms with van der Waals surface area (Å²) in [6.07, 6.45) is 2.28. The third-order valence-corrected chi connectivity index (χ3v) is 5.10. The Morgan fingerprint density at radius 3 is 2.78 bits per heavy atom. The summed E-state index contributed by atoms with van der Waals surface area (Å²) in [5.74, 6) is 0.871. The zero-order valence-corrected chi connectivity index (χ0v) is 16.5. The van der Waals surface area contributed by atoms with Crippen molar-refractivity contribution < 1.29 is 4.79 Å². The second-order valence-corrected chi connectivity index (χ2v) is 7.97. The highest BCUT2D eigenvalue weighted by molar-refractivity contribution is 7.98. The molecule has 27 heavy (non-hydrogen) atoms. The van der Waals surface area contributed by atoms with Crippen LogP contribution in [0.1, 0.15) is 31.5 Å². The highest BCUT2D eigenvalue weighted by Gasteiger charge is 2.10. The number of aromatic nitrogens is 2. The Bertz CT molecular complexity index is 1030. The number of amides is 1. The van der Waals surface area contributed by atoms with Gasteiger partial charge in [0, 0.05) is 29.3 Å². The molecule has 0 radical (unpaired) electrons. The molecule has 0 aliphatic rings. The summed E-state index contributed by atoms with van der Waals surface area (Å²) in [7, 11) is 0. The summed E-state index contributed by atoms with van der Waals surface area (Å²) in [6.45, 7) is 5.98. The number of fused-ring (bicyclic) bond motifs is 1. The second-order valence-electron chi connectivity index (χ2n) is 6.95. The van der Waals surface area contributed by atoms with Crippen LogP contribution in [0.4, 0.5) is 5.69 Å². The van der Waals surface area contributed by atoms with Crippen molar-refractivity contribution in [3.8, 4) is 0 Å². The third kappa shape index (κ3) is 4.98. The van der Waals surface area contributed by atoms with Gasteiger partial charge in [0.15, 0.2) is 0 Å². The molecule has 3 aromatic rings. The standard InChI is InChI=1S/C21H23N3O2S/c1-14(2)10-20(25)23-17-6-4-5-7-18(17)27-13-16-11-21(26)24-12-15(3)8-9-19(24)22-16/h4-9,11-12,14H,10,13H2,1-3H3,(H,23,25). The summed E-state index contributed by atoms with van der Waals surface area (Å²) in [5.41, 5.74) is 3.08. The first-order valence-corrected chi connectivity index (χ1v) is 9.91. The molecule has 1 aromatic carbocycles. The molecule has 0 bridgehead atoms. The van der Waals surface area contributed by atoms with Crippen LogP contribution < -0.4 is 10.9 Å². The number of carbonyl (C=O) groups is 1. The number of pyridine rings is 1. The maximum atomic E-state index is 12.3. The number of thioether (sulfide) groups is 1. The van der Waals surface area contributed by atoms with Gasteiger partial charge in [0.1, 0.15) is 5.65 Å². The molecular weight excluding hydrogens is 358 g/mol. The number of aryl methyl sites for hydroxylation is 1. The summed E-state index contributed by atoms with van der Waals surface area (Å²) in [4.78, 5) is 30.0. The summed E-state index contributed by atoms with van der Waals surface area (Å²) < 4.78 is 1.56. The molecule has 0 saturated carbocycles. The number of para-hydroxylation sites is 1. The molecule has 0 fully saturated rings. The predicted octanol–water partition coefficient (Wildman–Crippen LogP) is 4.28. The number of rotatable bonds is 6. The average Bonchev–Trinajstić information content (AvgIpc) is 2.61. The van der Waals surface area contributed by atoms with Crippen LogP contribution in [0.3, 0.4) is 0 Å². The Morgan fingerprint density at radius 2 is 2.00 bits per heavy atom. The normalized spacial score (nSPS) is 11.1. The Morgan fingerprint density at radius 1 is 1.22 bits per heavy atom. The minimum absolute atomic E-state index is 0.00972. The largest absolute Gasteiger partial charge is 0.325 e. The quantitative estimate of drug-likeness (QED) is 0.647. The first-order valence-electron chi connectivity index (χ1n) is 8.93. The van der Waals surface area contributed by atoms with Gasteiger partial charge in [-0.2, -0.15) is 0 Å². The molecule has 0 atom stereocenters. The molecule has 0 saturated heterocycles. The molecular formula is C21H23N3O2S. The van der Waals surface area contributed by atoms with Gasteiger partial charge in [0.25, 0.3) is 5.56 Å². The number of anilines is 1. The van der Waals surface area contributed by atoms with Crippen molar-refractivity contribution in [2.75, 3.05) is 5.32 Å². The van der Waals surface area contributed by atoms with E-state index in [1.54, 1.807) is 28.4 Å². The molecule has 1 N–H and O–H groups in total. The highest BCUT2D eigenvalue weighted by atomic mass is 32.2. The smallest absolute Gasteiger partial charge is 0.258 e. The number of nitrogens with zero attached hydrogens (tertiary/aromatic N) is 2. The van der Waals surface area contributed by atoms with E-state index in [1.165, 1.54) is 0 Å². The van der Waals surface area contributed by atoms with E-state index in [1.807, 2.05) is 57.2 Å². The van der Waals surface area contributed by atoms with Gasteiger partial charge in [-0.3, -0.25) is 14.0 Å². The van der Waals surface area contributed by atoms with Crippen molar-refractivity contribution >= 4 is 29.0 Å². The average molecular weight is 382 g/mol. The molecule has 0 spiro atoms. The molecule has 5 nitrogen and oxygen atoms in total. The fourth-order valence-electron chi connectivity index (χ4n) is 2.75. The van der Waals surface area contributed by atoms with Crippen molar-refractivity contribution in [1.82, 2.24) is 9.38 Å². The van der Waals surface area contributed by atoms with Crippen molar-refractivity contribution in [1.29, 1.82) is 0 Å². The van der Waals surface area contributed by atoms with E-state index in [0.717, 1.165) is 21.8 Å². The summed E-state index contributed by atoms with van der Waals surface area (Å²) in [6, 6.07) is 13.1. The van der Waals surface area contributed by atoms with Crippen LogP contribution in [0.15, 0.2) is 58.4 Å². The predicted molar refractivity (Wildman–Crippen MR) is 110 cm³/mol. The maximum Gasteiger partial charge on any atom is 0.258 e. The molecule has 2 heterocycles. The summed E-state index contributed by atoms with van der Waals surface area (Å²) in [5, 5.41) is 2.98. The topological polar surface area (TPSA) is 63.5 Å². The minimum Gasteiger partial charge on any atom is -0.325 e. The van der Waals surface area contributed by atoms with Crippen LogP contribution in [0.25, 0.3) is 5.65 Å². The second kappa shape index (κ2) is 8.39. The van der Waals surface area contributed by atoms with Gasteiger partial charge in [-0.1, -0.05) is 32.0 Å². The lowest BCUT2D eigenvalue weighted by molar-refractivity contribution is -0.116. The highest BCUT2D eigenvalue weighted by Crippen LogP contribution is 2.29. The lowest BCUT2D eigenvalue weighted by Gasteiger charge is -2.12. The SMILES string of the molecule is Cc1ccc2nc(CSc3ccccc3NC(=O)CC(C)C)cc(=O)n2c1. The Labute approximate surface area is 162 Å². The molecule has 3 rings (SSSR count). The van der Waals surface area contributed by atoms with Crippen LogP contribution in [0.2, 0.25) is 0 Å². The Hall–Kier alpha value is -2.60. The van der Waals surface area contributed by atoms with E-state index in [9.17, 15) is 9.59 Å². The van der Waals surface area contributed by atoms with E-state index in [2.05, 4.69) is 10.3 Å². The van der Waals surface area contributed by atoms with Crippen LogP contribution in [-0.4, -0.2) is 15.3 Å². The van der Waals surface area contributed by atoms with E-state index >= 15 is 0 Å². The van der Waals surface area contributed by atoms with Crippen molar-refractivity contribution in [3.63, 3.8) is 0 Å². The van der Waals surface area contributed by atoms with E-state index in [-0.39, 0.29) is 11.5 Å². The molecule has 0 aliphatic carbocycles. The number of nitrogens with one attached hydrogen (secondary N) is 1. The van der Waals surface area contributed by atoms with Crippen LogP contribution in [0, 0.1) is 12.8 Å². The number of hydrogen-bond acceptors (Lipinski definition) is 4. The van der Waals surface area contributed by atoms with Crippen molar-refractivity contribution in [2.24, 2.45) is 5.92 Å². The monoisotopic (exact) mass is 381 g/mol. The van der Waals surface area contributed by atoms with Gasteiger partial charge >= 0.3 is 0 Å². The Balaban J connectivity index is 1.77. The van der Waals surface area contributed by atoms with Gasteiger partial charge in [0.05, 0.1) is 11.4 Å². The van der Waals surface area contributed by atoms with Crippen LogP contribution in [-0.2, 0) is 10.5 Å². The van der Waals surface area contributed by atoms with Crippen molar-refractivity contribution in [2.45, 2.75) is 37.8 Å². The zero-order valence-electron chi connectivity index (χ0n) is 15.7. The van der Waals surface area contributed by atoms with Crippen LogP contribution in [0.5, 0.6) is 0 Å². The Kier molecular flexibility index (Phi) is 5.96. The fraction of sp³-hybridized carbons (Fsp3) is 0.286. The third-order valence-electron chi connectivity index (χ3n) is 3.99. The first-order chi connectivity index (χ1) is 12.9. The molecule has 140 valence electrons. The molecule has 2 aromatic heterocycles. The number of hydrogen-bond donors (Lipinski definition) is 1. The first kappa shape index (κ1) is 19.2. The molecule has 1 amide bonds. The van der Waals surface area contributed by atoms with E-state index < -0.39 is 0 Å².